The van der Waals surface area contributed by atoms with Crippen LogP contribution in [0.2, 0.25) is 0 Å². The highest BCUT2D eigenvalue weighted by molar-refractivity contribution is 4.84. The van der Waals surface area contributed by atoms with Crippen LogP contribution in [0.1, 0.15) is 52.4 Å². The second-order valence-electron chi connectivity index (χ2n) is 4.26. The van der Waals surface area contributed by atoms with Crippen LogP contribution in [0.15, 0.2) is 0 Å². The SMILES string of the molecule is CCC(CC)CCC(N)C1CC1. The van der Waals surface area contributed by atoms with Crippen LogP contribution in [0.25, 0.3) is 0 Å². The molecule has 1 aliphatic rings. The van der Waals surface area contributed by atoms with Crippen molar-refractivity contribution < 1.29 is 0 Å². The first kappa shape index (κ1) is 10.0. The van der Waals surface area contributed by atoms with Gasteiger partial charge >= 0.3 is 0 Å². The molecular weight excluding hydrogens is 146 g/mol. The Morgan fingerprint density at radius 1 is 1.17 bits per heavy atom. The van der Waals surface area contributed by atoms with Crippen LogP contribution >= 0.6 is 0 Å². The van der Waals surface area contributed by atoms with Crippen molar-refractivity contribution >= 4 is 0 Å². The lowest BCUT2D eigenvalue weighted by molar-refractivity contribution is 0.402. The van der Waals surface area contributed by atoms with Gasteiger partial charge in [-0.2, -0.15) is 0 Å². The molecule has 0 saturated heterocycles. The van der Waals surface area contributed by atoms with Gasteiger partial charge < -0.3 is 5.73 Å². The number of nitrogens with two attached hydrogens (primary N) is 1. The molecule has 1 fully saturated rings. The summed E-state index contributed by atoms with van der Waals surface area (Å²) in [5.74, 6) is 1.81. The Balaban J connectivity index is 2.05. The first-order valence-corrected chi connectivity index (χ1v) is 5.53. The number of hydrogen-bond acceptors (Lipinski definition) is 1. The Morgan fingerprint density at radius 2 is 1.75 bits per heavy atom. The van der Waals surface area contributed by atoms with E-state index in [1.165, 1.54) is 38.5 Å². The van der Waals surface area contributed by atoms with Crippen molar-refractivity contribution in [2.75, 3.05) is 0 Å². The number of hydrogen-bond donors (Lipinski definition) is 1. The van der Waals surface area contributed by atoms with Crippen molar-refractivity contribution in [3.05, 3.63) is 0 Å². The predicted molar refractivity (Wildman–Crippen MR) is 54.0 cm³/mol. The fourth-order valence-corrected chi connectivity index (χ4v) is 1.89. The maximum absolute atomic E-state index is 6.04. The largest absolute Gasteiger partial charge is 0.327 e. The van der Waals surface area contributed by atoms with Gasteiger partial charge in [-0.3, -0.25) is 0 Å². The maximum atomic E-state index is 6.04. The molecule has 0 bridgehead atoms. The Kier molecular flexibility index (Phi) is 4.07. The molecule has 0 spiro atoms. The van der Waals surface area contributed by atoms with Crippen LogP contribution in [0, 0.1) is 11.8 Å². The zero-order valence-corrected chi connectivity index (χ0v) is 8.55. The summed E-state index contributed by atoms with van der Waals surface area (Å²) in [6.07, 6.45) is 8.05. The lowest BCUT2D eigenvalue weighted by Gasteiger charge is -2.15. The lowest BCUT2D eigenvalue weighted by atomic mass is 9.94. The summed E-state index contributed by atoms with van der Waals surface area (Å²) in [5.41, 5.74) is 6.04. The normalized spacial score (nSPS) is 20.0. The molecule has 72 valence electrons. The summed E-state index contributed by atoms with van der Waals surface area (Å²) in [6, 6.07) is 0.519. The molecule has 1 atom stereocenters. The lowest BCUT2D eigenvalue weighted by Crippen LogP contribution is -2.23. The third kappa shape index (κ3) is 3.14. The van der Waals surface area contributed by atoms with E-state index >= 15 is 0 Å². The monoisotopic (exact) mass is 169 g/mol. The van der Waals surface area contributed by atoms with Crippen molar-refractivity contribution in [1.29, 1.82) is 0 Å². The van der Waals surface area contributed by atoms with Gasteiger partial charge in [0.25, 0.3) is 0 Å². The summed E-state index contributed by atoms with van der Waals surface area (Å²) in [6.45, 7) is 4.58. The van der Waals surface area contributed by atoms with E-state index in [2.05, 4.69) is 13.8 Å². The Labute approximate surface area is 76.7 Å². The van der Waals surface area contributed by atoms with Gasteiger partial charge in [0.1, 0.15) is 0 Å². The van der Waals surface area contributed by atoms with Crippen molar-refractivity contribution in [3.8, 4) is 0 Å². The van der Waals surface area contributed by atoms with Gasteiger partial charge in [0.15, 0.2) is 0 Å². The molecule has 0 aliphatic heterocycles. The molecule has 1 saturated carbocycles. The molecule has 0 radical (unpaired) electrons. The summed E-state index contributed by atoms with van der Waals surface area (Å²) < 4.78 is 0. The van der Waals surface area contributed by atoms with E-state index in [4.69, 9.17) is 5.73 Å². The predicted octanol–water partition coefficient (Wildman–Crippen LogP) is 2.94. The average Bonchev–Trinajstić information content (AvgIpc) is 2.88. The van der Waals surface area contributed by atoms with Crippen LogP contribution in [0.4, 0.5) is 0 Å². The van der Waals surface area contributed by atoms with Crippen LogP contribution in [-0.2, 0) is 0 Å². The van der Waals surface area contributed by atoms with E-state index in [0.29, 0.717) is 6.04 Å². The molecule has 12 heavy (non-hydrogen) atoms. The topological polar surface area (TPSA) is 26.0 Å². The summed E-state index contributed by atoms with van der Waals surface area (Å²) in [5, 5.41) is 0. The molecule has 0 aromatic carbocycles. The van der Waals surface area contributed by atoms with Gasteiger partial charge in [-0.1, -0.05) is 26.7 Å². The molecule has 0 aromatic rings. The Hall–Kier alpha value is -0.0400. The van der Waals surface area contributed by atoms with Gasteiger partial charge in [0.2, 0.25) is 0 Å². The number of rotatable bonds is 6. The van der Waals surface area contributed by atoms with E-state index in [-0.39, 0.29) is 0 Å². The third-order valence-electron chi connectivity index (χ3n) is 3.29. The van der Waals surface area contributed by atoms with E-state index in [1.54, 1.807) is 0 Å². The van der Waals surface area contributed by atoms with E-state index in [9.17, 15) is 0 Å². The molecule has 1 nitrogen and oxygen atoms in total. The minimum atomic E-state index is 0.519. The molecule has 2 N–H and O–H groups in total. The molecule has 1 unspecified atom stereocenters. The minimum absolute atomic E-state index is 0.519. The molecule has 0 amide bonds. The van der Waals surface area contributed by atoms with Crippen LogP contribution < -0.4 is 5.73 Å². The van der Waals surface area contributed by atoms with Gasteiger partial charge in [-0.25, -0.2) is 0 Å². The first-order chi connectivity index (χ1) is 5.77. The molecular formula is C11H23N. The minimum Gasteiger partial charge on any atom is -0.327 e. The fourth-order valence-electron chi connectivity index (χ4n) is 1.89. The quantitative estimate of drug-likeness (QED) is 0.650. The zero-order chi connectivity index (χ0) is 8.97. The van der Waals surface area contributed by atoms with Gasteiger partial charge in [0.05, 0.1) is 0 Å². The van der Waals surface area contributed by atoms with Crippen molar-refractivity contribution in [3.63, 3.8) is 0 Å². The van der Waals surface area contributed by atoms with Crippen molar-refractivity contribution in [1.82, 2.24) is 0 Å². The second-order valence-corrected chi connectivity index (χ2v) is 4.26. The Bertz CT molecular complexity index is 112. The highest BCUT2D eigenvalue weighted by Crippen LogP contribution is 2.34. The summed E-state index contributed by atoms with van der Waals surface area (Å²) >= 11 is 0. The van der Waals surface area contributed by atoms with Crippen molar-refractivity contribution in [2.24, 2.45) is 17.6 Å². The summed E-state index contributed by atoms with van der Waals surface area (Å²) in [7, 11) is 0. The summed E-state index contributed by atoms with van der Waals surface area (Å²) in [4.78, 5) is 0. The van der Waals surface area contributed by atoms with Gasteiger partial charge in [-0.15, -0.1) is 0 Å². The highest BCUT2D eigenvalue weighted by atomic mass is 14.7. The standard InChI is InChI=1S/C11H23N/c1-3-9(4-2)5-8-11(12)10-6-7-10/h9-11H,3-8,12H2,1-2H3. The van der Waals surface area contributed by atoms with Gasteiger partial charge in [-0.05, 0) is 37.5 Å². The van der Waals surface area contributed by atoms with Crippen LogP contribution in [0.3, 0.4) is 0 Å². The van der Waals surface area contributed by atoms with E-state index in [0.717, 1.165) is 11.8 Å². The molecule has 1 aliphatic carbocycles. The Morgan fingerprint density at radius 3 is 2.17 bits per heavy atom. The first-order valence-electron chi connectivity index (χ1n) is 5.53. The molecule has 1 heteroatoms. The van der Waals surface area contributed by atoms with Crippen LogP contribution in [-0.4, -0.2) is 6.04 Å². The van der Waals surface area contributed by atoms with E-state index < -0.39 is 0 Å². The highest BCUT2D eigenvalue weighted by Gasteiger charge is 2.28. The maximum Gasteiger partial charge on any atom is 0.00672 e. The third-order valence-corrected chi connectivity index (χ3v) is 3.29. The molecule has 0 heterocycles. The second kappa shape index (κ2) is 4.86. The smallest absolute Gasteiger partial charge is 0.00672 e. The molecule has 0 aromatic heterocycles. The van der Waals surface area contributed by atoms with Crippen LogP contribution in [0.5, 0.6) is 0 Å². The van der Waals surface area contributed by atoms with Crippen molar-refractivity contribution in [2.45, 2.75) is 58.4 Å². The zero-order valence-electron chi connectivity index (χ0n) is 8.55. The molecule has 1 rings (SSSR count). The fraction of sp³-hybridized carbons (Fsp3) is 1.00. The van der Waals surface area contributed by atoms with Gasteiger partial charge in [0, 0.05) is 6.04 Å². The average molecular weight is 169 g/mol. The van der Waals surface area contributed by atoms with E-state index in [1.807, 2.05) is 0 Å².